The number of hydrogen-bond donors (Lipinski definition) is 1. The van der Waals surface area contributed by atoms with Crippen molar-refractivity contribution in [2.24, 2.45) is 5.92 Å². The molecule has 8 heteroatoms. The minimum absolute atomic E-state index is 0.0337. The lowest BCUT2D eigenvalue weighted by Crippen LogP contribution is -2.36. The van der Waals surface area contributed by atoms with Gasteiger partial charge in [-0.2, -0.15) is 5.10 Å². The number of fused-ring (bicyclic) bond motifs is 3. The van der Waals surface area contributed by atoms with E-state index in [4.69, 9.17) is 5.10 Å². The van der Waals surface area contributed by atoms with E-state index in [0.717, 1.165) is 55.0 Å². The number of benzene rings is 1. The number of likely N-dealkylation sites (tertiary alicyclic amines) is 1. The highest BCUT2D eigenvalue weighted by atomic mass is 32.1. The molecule has 0 bridgehead atoms. The fourth-order valence-corrected chi connectivity index (χ4v) is 6.23. The summed E-state index contributed by atoms with van der Waals surface area (Å²) in [4.78, 5) is 30.8. The van der Waals surface area contributed by atoms with Crippen molar-refractivity contribution in [2.75, 3.05) is 32.5 Å². The first-order valence-electron chi connectivity index (χ1n) is 11.9. The van der Waals surface area contributed by atoms with Crippen molar-refractivity contribution in [2.45, 2.75) is 39.2 Å². The van der Waals surface area contributed by atoms with E-state index >= 15 is 0 Å². The number of thiophene rings is 1. The molecule has 2 atom stereocenters. The Labute approximate surface area is 204 Å². The molecular formula is C26H31N5O2S. The number of nitrogens with zero attached hydrogens (tertiary/aromatic N) is 4. The number of carbonyl (C=O) groups is 2. The molecule has 0 saturated carbocycles. The molecule has 1 aliphatic heterocycles. The molecule has 178 valence electrons. The number of likely N-dealkylation sites (N-methyl/N-ethyl adjacent to an activating group) is 1. The van der Waals surface area contributed by atoms with E-state index in [9.17, 15) is 9.59 Å². The zero-order valence-electron chi connectivity index (χ0n) is 20.2. The third-order valence-corrected chi connectivity index (χ3v) is 8.08. The van der Waals surface area contributed by atoms with Crippen LogP contribution < -0.4 is 5.32 Å². The van der Waals surface area contributed by atoms with Gasteiger partial charge in [-0.05, 0) is 68.6 Å². The molecule has 1 saturated heterocycles. The molecule has 1 fully saturated rings. The van der Waals surface area contributed by atoms with Gasteiger partial charge in [-0.1, -0.05) is 13.3 Å². The van der Waals surface area contributed by atoms with E-state index in [1.165, 1.54) is 17.4 Å². The Morgan fingerprint density at radius 2 is 1.91 bits per heavy atom. The lowest BCUT2D eigenvalue weighted by molar-refractivity contribution is -0.114. The summed E-state index contributed by atoms with van der Waals surface area (Å²) in [5, 5.41) is 9.85. The van der Waals surface area contributed by atoms with Gasteiger partial charge in [-0.25, -0.2) is 4.68 Å². The maximum atomic E-state index is 13.8. The summed E-state index contributed by atoms with van der Waals surface area (Å²) in [6.45, 7) is 5.21. The molecule has 0 unspecified atom stereocenters. The lowest BCUT2D eigenvalue weighted by atomic mass is 9.94. The zero-order valence-corrected chi connectivity index (χ0v) is 21.0. The van der Waals surface area contributed by atoms with Gasteiger partial charge in [-0.3, -0.25) is 9.59 Å². The van der Waals surface area contributed by atoms with Crippen LogP contribution in [0.4, 0.5) is 5.69 Å². The highest BCUT2D eigenvalue weighted by Gasteiger charge is 2.38. The van der Waals surface area contributed by atoms with Crippen LogP contribution in [0.1, 0.15) is 41.2 Å². The van der Waals surface area contributed by atoms with Gasteiger partial charge in [-0.15, -0.1) is 11.3 Å². The molecule has 3 heterocycles. The van der Waals surface area contributed by atoms with E-state index in [2.05, 4.69) is 42.7 Å². The van der Waals surface area contributed by atoms with Gasteiger partial charge < -0.3 is 15.1 Å². The third-order valence-electron chi connectivity index (χ3n) is 7.10. The van der Waals surface area contributed by atoms with Crippen LogP contribution in [-0.2, 0) is 17.6 Å². The van der Waals surface area contributed by atoms with Crippen LogP contribution in [0.15, 0.2) is 35.7 Å². The Bertz CT molecular complexity index is 1230. The monoisotopic (exact) mass is 477 g/mol. The van der Waals surface area contributed by atoms with E-state index < -0.39 is 0 Å². The van der Waals surface area contributed by atoms with E-state index in [1.807, 2.05) is 33.8 Å². The predicted octanol–water partition coefficient (Wildman–Crippen LogP) is 4.07. The molecule has 7 nitrogen and oxygen atoms in total. The quantitative estimate of drug-likeness (QED) is 0.601. The van der Waals surface area contributed by atoms with Gasteiger partial charge in [0.15, 0.2) is 5.69 Å². The number of amides is 2. The average molecular weight is 478 g/mol. The van der Waals surface area contributed by atoms with Gasteiger partial charge in [0.1, 0.15) is 0 Å². The van der Waals surface area contributed by atoms with Gasteiger partial charge in [0.25, 0.3) is 5.91 Å². The Hall–Kier alpha value is -2.97. The number of aryl methyl sites for hydroxylation is 1. The summed E-state index contributed by atoms with van der Waals surface area (Å²) in [7, 11) is 4.20. The van der Waals surface area contributed by atoms with E-state index in [0.29, 0.717) is 17.7 Å². The highest BCUT2D eigenvalue weighted by molar-refractivity contribution is 7.10. The topological polar surface area (TPSA) is 70.5 Å². The number of hydrogen-bond acceptors (Lipinski definition) is 5. The Balaban J connectivity index is 1.55. The molecule has 0 radical (unpaired) electrons. The minimum atomic E-state index is -0.105. The fourth-order valence-electron chi connectivity index (χ4n) is 5.35. The Kier molecular flexibility index (Phi) is 6.04. The first-order valence-corrected chi connectivity index (χ1v) is 12.8. The predicted molar refractivity (Wildman–Crippen MR) is 136 cm³/mol. The molecule has 2 amide bonds. The molecule has 1 N–H and O–H groups in total. The summed E-state index contributed by atoms with van der Waals surface area (Å²) in [6.07, 6.45) is 2.81. The summed E-state index contributed by atoms with van der Waals surface area (Å²) in [5.74, 6) is 0.403. The van der Waals surface area contributed by atoms with Gasteiger partial charge in [0.2, 0.25) is 5.91 Å². The highest BCUT2D eigenvalue weighted by Crippen LogP contribution is 2.40. The Morgan fingerprint density at radius 1 is 1.15 bits per heavy atom. The SMILES string of the molecule is CC[C@H]1CN(C(=O)c2nn(-c3ccc(NC(C)=O)cc3)c3c2CCc2sccc2-3)C[C@@H]1N(C)C. The number of aromatic nitrogens is 2. The van der Waals surface area contributed by atoms with Crippen LogP contribution in [0.25, 0.3) is 16.9 Å². The molecule has 2 aliphatic rings. The van der Waals surface area contributed by atoms with Crippen molar-refractivity contribution in [3.05, 3.63) is 51.8 Å². The standard InChI is InChI=1S/C26H31N5O2S/c1-5-17-14-30(15-22(17)29(3)4)26(33)24-21-10-11-23-20(12-13-34-23)25(21)31(28-24)19-8-6-18(7-9-19)27-16(2)32/h6-9,12-13,17,22H,5,10-11,14-15H2,1-4H3,(H,27,32)/t17-,22-/m0/s1. The second-order valence-electron chi connectivity index (χ2n) is 9.48. The molecule has 3 aromatic rings. The fraction of sp³-hybridized carbons (Fsp3) is 0.423. The van der Waals surface area contributed by atoms with Crippen molar-refractivity contribution in [3.8, 4) is 16.9 Å². The van der Waals surface area contributed by atoms with Crippen LogP contribution in [0, 0.1) is 5.92 Å². The normalized spacial score (nSPS) is 19.3. The lowest BCUT2D eigenvalue weighted by Gasteiger charge is -2.23. The average Bonchev–Trinajstić information content (AvgIpc) is 3.54. The number of nitrogens with one attached hydrogen (secondary N) is 1. The van der Waals surface area contributed by atoms with E-state index in [-0.39, 0.29) is 11.8 Å². The molecule has 1 aliphatic carbocycles. The van der Waals surface area contributed by atoms with Crippen LogP contribution in [-0.4, -0.2) is 64.6 Å². The van der Waals surface area contributed by atoms with Crippen LogP contribution >= 0.6 is 11.3 Å². The van der Waals surface area contributed by atoms with Crippen LogP contribution in [0.5, 0.6) is 0 Å². The Morgan fingerprint density at radius 3 is 2.56 bits per heavy atom. The van der Waals surface area contributed by atoms with Crippen molar-refractivity contribution < 1.29 is 9.59 Å². The molecule has 5 rings (SSSR count). The second kappa shape index (κ2) is 9.00. The van der Waals surface area contributed by atoms with Crippen molar-refractivity contribution >= 4 is 28.8 Å². The summed E-state index contributed by atoms with van der Waals surface area (Å²) >= 11 is 1.76. The maximum Gasteiger partial charge on any atom is 0.274 e. The number of carbonyl (C=O) groups excluding carboxylic acids is 2. The van der Waals surface area contributed by atoms with Crippen molar-refractivity contribution in [3.63, 3.8) is 0 Å². The first-order chi connectivity index (χ1) is 16.4. The third kappa shape index (κ3) is 3.95. The number of rotatable bonds is 5. The minimum Gasteiger partial charge on any atom is -0.335 e. The molecular weight excluding hydrogens is 446 g/mol. The first kappa shape index (κ1) is 22.8. The molecule has 0 spiro atoms. The molecule has 2 aromatic heterocycles. The summed E-state index contributed by atoms with van der Waals surface area (Å²) in [6, 6.07) is 10.1. The second-order valence-corrected chi connectivity index (χ2v) is 10.5. The maximum absolute atomic E-state index is 13.8. The molecule has 34 heavy (non-hydrogen) atoms. The largest absolute Gasteiger partial charge is 0.335 e. The van der Waals surface area contributed by atoms with Crippen LogP contribution in [0.3, 0.4) is 0 Å². The van der Waals surface area contributed by atoms with Gasteiger partial charge in [0, 0.05) is 47.7 Å². The number of anilines is 1. The summed E-state index contributed by atoms with van der Waals surface area (Å²) < 4.78 is 1.92. The van der Waals surface area contributed by atoms with Gasteiger partial charge in [0.05, 0.1) is 11.4 Å². The van der Waals surface area contributed by atoms with Gasteiger partial charge >= 0.3 is 0 Å². The zero-order chi connectivity index (χ0) is 24.0. The summed E-state index contributed by atoms with van der Waals surface area (Å²) in [5.41, 5.74) is 5.43. The molecule has 1 aromatic carbocycles. The van der Waals surface area contributed by atoms with Crippen LogP contribution in [0.2, 0.25) is 0 Å². The van der Waals surface area contributed by atoms with Crippen molar-refractivity contribution in [1.29, 1.82) is 0 Å². The van der Waals surface area contributed by atoms with Crippen molar-refractivity contribution in [1.82, 2.24) is 19.6 Å². The van der Waals surface area contributed by atoms with E-state index in [1.54, 1.807) is 11.3 Å². The smallest absolute Gasteiger partial charge is 0.274 e.